The fraction of sp³-hybridized carbons (Fsp3) is 0.750. The summed E-state index contributed by atoms with van der Waals surface area (Å²) in [7, 11) is 0. The van der Waals surface area contributed by atoms with E-state index in [1.165, 1.54) is 0 Å². The molecule has 0 bridgehead atoms. The molecular formula is C12H18O3. The second-order valence-corrected chi connectivity index (χ2v) is 4.28. The van der Waals surface area contributed by atoms with E-state index in [0.717, 1.165) is 32.1 Å². The van der Waals surface area contributed by atoms with E-state index in [1.807, 2.05) is 0 Å². The lowest BCUT2D eigenvalue weighted by Crippen LogP contribution is -2.25. The highest BCUT2D eigenvalue weighted by Gasteiger charge is 2.25. The van der Waals surface area contributed by atoms with Gasteiger partial charge in [-0.3, -0.25) is 0 Å². The maximum atomic E-state index is 11.5. The molecule has 0 aromatic heterocycles. The molecule has 1 fully saturated rings. The molecule has 1 aliphatic carbocycles. The fourth-order valence-corrected chi connectivity index (χ4v) is 2.06. The van der Waals surface area contributed by atoms with Crippen molar-refractivity contribution in [2.45, 2.75) is 38.2 Å². The summed E-state index contributed by atoms with van der Waals surface area (Å²) in [5, 5.41) is 0. The van der Waals surface area contributed by atoms with E-state index >= 15 is 0 Å². The van der Waals surface area contributed by atoms with Crippen molar-refractivity contribution in [3.05, 3.63) is 12.2 Å². The smallest absolute Gasteiger partial charge is 0.335 e. The number of carbonyl (C=O) groups excluding carboxylic acids is 1. The van der Waals surface area contributed by atoms with Gasteiger partial charge in [0.1, 0.15) is 0 Å². The Morgan fingerprint density at radius 2 is 2.33 bits per heavy atom. The van der Waals surface area contributed by atoms with Crippen LogP contribution in [0.2, 0.25) is 0 Å². The van der Waals surface area contributed by atoms with Crippen LogP contribution in [0.3, 0.4) is 0 Å². The molecule has 2 unspecified atom stereocenters. The van der Waals surface area contributed by atoms with Crippen LogP contribution in [0.1, 0.15) is 32.1 Å². The molecule has 15 heavy (non-hydrogen) atoms. The number of carbonyl (C=O) groups is 1. The summed E-state index contributed by atoms with van der Waals surface area (Å²) in [6, 6.07) is 0. The SMILES string of the molecule is O=C(OCC1CC=CCC1)C1CCCO1. The Labute approximate surface area is 90.4 Å². The molecule has 1 heterocycles. The average Bonchev–Trinajstić information content (AvgIpc) is 2.81. The number of ether oxygens (including phenoxy) is 2. The number of allylic oxidation sites excluding steroid dienone is 2. The highest BCUT2D eigenvalue weighted by molar-refractivity contribution is 5.74. The Kier molecular flexibility index (Phi) is 3.78. The molecule has 0 saturated carbocycles. The van der Waals surface area contributed by atoms with E-state index in [2.05, 4.69) is 12.2 Å². The Bertz CT molecular complexity index is 241. The first kappa shape index (κ1) is 10.7. The molecule has 2 aliphatic rings. The van der Waals surface area contributed by atoms with Crippen molar-refractivity contribution in [3.8, 4) is 0 Å². The molecule has 84 valence electrons. The summed E-state index contributed by atoms with van der Waals surface area (Å²) in [5.41, 5.74) is 0. The lowest BCUT2D eigenvalue weighted by Gasteiger charge is -2.18. The average molecular weight is 210 g/mol. The van der Waals surface area contributed by atoms with E-state index in [1.54, 1.807) is 0 Å². The molecule has 0 amide bonds. The van der Waals surface area contributed by atoms with Crippen LogP contribution in [0, 0.1) is 5.92 Å². The summed E-state index contributed by atoms with van der Waals surface area (Å²) in [4.78, 5) is 11.5. The minimum atomic E-state index is -0.288. The van der Waals surface area contributed by atoms with Gasteiger partial charge in [-0.1, -0.05) is 12.2 Å². The molecule has 0 radical (unpaired) electrons. The highest BCUT2D eigenvalue weighted by atomic mass is 16.6. The monoisotopic (exact) mass is 210 g/mol. The second-order valence-electron chi connectivity index (χ2n) is 4.28. The van der Waals surface area contributed by atoms with Crippen LogP contribution in [0.25, 0.3) is 0 Å². The number of esters is 1. The molecule has 1 aliphatic heterocycles. The van der Waals surface area contributed by atoms with Crippen LogP contribution in [0.15, 0.2) is 12.2 Å². The Morgan fingerprint density at radius 3 is 3.00 bits per heavy atom. The molecular weight excluding hydrogens is 192 g/mol. The third kappa shape index (κ3) is 3.06. The molecule has 0 spiro atoms. The normalized spacial score (nSPS) is 30.4. The predicted molar refractivity (Wildman–Crippen MR) is 56.4 cm³/mol. The Morgan fingerprint density at radius 1 is 1.40 bits per heavy atom. The topological polar surface area (TPSA) is 35.5 Å². The van der Waals surface area contributed by atoms with E-state index in [4.69, 9.17) is 9.47 Å². The Hall–Kier alpha value is -0.830. The summed E-state index contributed by atoms with van der Waals surface area (Å²) in [6.07, 6.45) is 9.17. The van der Waals surface area contributed by atoms with Crippen molar-refractivity contribution in [1.29, 1.82) is 0 Å². The summed E-state index contributed by atoms with van der Waals surface area (Å²) in [6.45, 7) is 1.26. The minimum absolute atomic E-state index is 0.165. The van der Waals surface area contributed by atoms with Gasteiger partial charge in [0.15, 0.2) is 6.10 Å². The van der Waals surface area contributed by atoms with Crippen molar-refractivity contribution in [3.63, 3.8) is 0 Å². The van der Waals surface area contributed by atoms with Crippen molar-refractivity contribution < 1.29 is 14.3 Å². The van der Waals surface area contributed by atoms with Crippen molar-refractivity contribution in [1.82, 2.24) is 0 Å². The molecule has 3 nitrogen and oxygen atoms in total. The summed E-state index contributed by atoms with van der Waals surface area (Å²) < 4.78 is 10.5. The van der Waals surface area contributed by atoms with E-state index in [9.17, 15) is 4.79 Å². The Balaban J connectivity index is 1.68. The number of hydrogen-bond donors (Lipinski definition) is 0. The lowest BCUT2D eigenvalue weighted by atomic mass is 9.95. The van der Waals surface area contributed by atoms with Crippen LogP contribution in [-0.2, 0) is 14.3 Å². The zero-order chi connectivity index (χ0) is 10.5. The van der Waals surface area contributed by atoms with Crippen LogP contribution in [0.5, 0.6) is 0 Å². The van der Waals surface area contributed by atoms with Crippen molar-refractivity contribution in [2.75, 3.05) is 13.2 Å². The van der Waals surface area contributed by atoms with Gasteiger partial charge in [-0.25, -0.2) is 4.79 Å². The molecule has 0 aromatic rings. The van der Waals surface area contributed by atoms with Gasteiger partial charge >= 0.3 is 5.97 Å². The first-order valence-corrected chi connectivity index (χ1v) is 5.79. The summed E-state index contributed by atoms with van der Waals surface area (Å²) >= 11 is 0. The lowest BCUT2D eigenvalue weighted by molar-refractivity contribution is -0.155. The van der Waals surface area contributed by atoms with E-state index in [0.29, 0.717) is 19.1 Å². The van der Waals surface area contributed by atoms with Gasteiger partial charge in [0, 0.05) is 6.61 Å². The van der Waals surface area contributed by atoms with Crippen LogP contribution in [-0.4, -0.2) is 25.3 Å². The van der Waals surface area contributed by atoms with Gasteiger partial charge in [0.25, 0.3) is 0 Å². The quantitative estimate of drug-likeness (QED) is 0.528. The van der Waals surface area contributed by atoms with Crippen molar-refractivity contribution >= 4 is 5.97 Å². The minimum Gasteiger partial charge on any atom is -0.463 e. The van der Waals surface area contributed by atoms with E-state index in [-0.39, 0.29) is 12.1 Å². The maximum Gasteiger partial charge on any atom is 0.335 e. The molecule has 1 saturated heterocycles. The largest absolute Gasteiger partial charge is 0.463 e. The second kappa shape index (κ2) is 5.31. The highest BCUT2D eigenvalue weighted by Crippen LogP contribution is 2.19. The number of rotatable bonds is 3. The van der Waals surface area contributed by atoms with Crippen LogP contribution < -0.4 is 0 Å². The molecule has 2 atom stereocenters. The van der Waals surface area contributed by atoms with Gasteiger partial charge in [-0.05, 0) is 38.0 Å². The number of hydrogen-bond acceptors (Lipinski definition) is 3. The van der Waals surface area contributed by atoms with Gasteiger partial charge in [0.05, 0.1) is 6.61 Å². The standard InChI is InChI=1S/C12H18O3/c13-12(11-7-4-8-14-11)15-9-10-5-2-1-3-6-10/h1-2,10-11H,3-9H2. The molecule has 0 N–H and O–H groups in total. The molecule has 2 rings (SSSR count). The third-order valence-electron chi connectivity index (χ3n) is 3.03. The first-order valence-electron chi connectivity index (χ1n) is 5.79. The summed E-state index contributed by atoms with van der Waals surface area (Å²) in [5.74, 6) is 0.349. The predicted octanol–water partition coefficient (Wildman–Crippen LogP) is 2.06. The zero-order valence-electron chi connectivity index (χ0n) is 8.98. The van der Waals surface area contributed by atoms with Gasteiger partial charge < -0.3 is 9.47 Å². The van der Waals surface area contributed by atoms with Crippen LogP contribution in [0.4, 0.5) is 0 Å². The van der Waals surface area contributed by atoms with Gasteiger partial charge in [-0.2, -0.15) is 0 Å². The first-order chi connectivity index (χ1) is 7.36. The van der Waals surface area contributed by atoms with Crippen LogP contribution >= 0.6 is 0 Å². The molecule has 3 heteroatoms. The van der Waals surface area contributed by atoms with E-state index < -0.39 is 0 Å². The van der Waals surface area contributed by atoms with Gasteiger partial charge in [0.2, 0.25) is 0 Å². The maximum absolute atomic E-state index is 11.5. The zero-order valence-corrected chi connectivity index (χ0v) is 8.98. The van der Waals surface area contributed by atoms with Gasteiger partial charge in [-0.15, -0.1) is 0 Å². The third-order valence-corrected chi connectivity index (χ3v) is 3.03. The fourth-order valence-electron chi connectivity index (χ4n) is 2.06. The molecule has 0 aromatic carbocycles. The van der Waals surface area contributed by atoms with Crippen molar-refractivity contribution in [2.24, 2.45) is 5.92 Å².